The monoisotopic (exact) mass is 507 g/mol. The zero-order chi connectivity index (χ0) is 26.4. The first-order valence-corrected chi connectivity index (χ1v) is 11.7. The van der Waals surface area contributed by atoms with Gasteiger partial charge in [-0.2, -0.15) is 23.4 Å². The van der Waals surface area contributed by atoms with Gasteiger partial charge in [0.05, 0.1) is 31.4 Å². The second-order valence-electron chi connectivity index (χ2n) is 8.78. The van der Waals surface area contributed by atoms with Crippen molar-refractivity contribution >= 4 is 16.6 Å². The summed E-state index contributed by atoms with van der Waals surface area (Å²) in [4.78, 5) is 4.01. The van der Waals surface area contributed by atoms with Gasteiger partial charge in [-0.05, 0) is 52.8 Å². The summed E-state index contributed by atoms with van der Waals surface area (Å²) in [6, 6.07) is 17.2. The maximum Gasteiger partial charge on any atom is 0.394 e. The molecular formula is C27H28F3N7. The third-order valence-corrected chi connectivity index (χ3v) is 5.65. The van der Waals surface area contributed by atoms with Crippen LogP contribution >= 0.6 is 0 Å². The van der Waals surface area contributed by atoms with Gasteiger partial charge in [0.1, 0.15) is 5.82 Å². The summed E-state index contributed by atoms with van der Waals surface area (Å²) in [6.45, 7) is 3.67. The van der Waals surface area contributed by atoms with Crippen molar-refractivity contribution in [3.05, 3.63) is 107 Å². The van der Waals surface area contributed by atoms with E-state index in [1.807, 2.05) is 72.5 Å². The molecule has 37 heavy (non-hydrogen) atoms. The van der Waals surface area contributed by atoms with Crippen LogP contribution in [0.4, 0.5) is 19.0 Å². The average molecular weight is 508 g/mol. The number of nitrogens with two attached hydrogens (primary N) is 2. The lowest BCUT2D eigenvalue weighted by Gasteiger charge is -2.06. The van der Waals surface area contributed by atoms with Crippen LogP contribution < -0.4 is 11.5 Å². The zero-order valence-corrected chi connectivity index (χ0v) is 20.4. The molecule has 0 amide bonds. The first kappa shape index (κ1) is 25.9. The minimum Gasteiger partial charge on any atom is -0.383 e. The van der Waals surface area contributed by atoms with Crippen LogP contribution in [-0.2, 0) is 26.1 Å². The Morgan fingerprint density at radius 2 is 1.57 bits per heavy atom. The van der Waals surface area contributed by atoms with Crippen molar-refractivity contribution in [3.63, 3.8) is 0 Å². The van der Waals surface area contributed by atoms with Gasteiger partial charge >= 0.3 is 6.18 Å². The fourth-order valence-electron chi connectivity index (χ4n) is 3.85. The van der Waals surface area contributed by atoms with Crippen LogP contribution in [0.2, 0.25) is 0 Å². The summed E-state index contributed by atoms with van der Waals surface area (Å²) in [5.74, 6) is 0.570. The number of rotatable bonds is 6. The average Bonchev–Trinajstić information content (AvgIpc) is 3.47. The molecule has 0 saturated heterocycles. The number of halogens is 3. The summed E-state index contributed by atoms with van der Waals surface area (Å²) in [5, 5.41) is 10.3. The Hall–Kier alpha value is -4.18. The Balaban J connectivity index is 0.000000207. The summed E-state index contributed by atoms with van der Waals surface area (Å²) < 4.78 is 40.4. The predicted molar refractivity (Wildman–Crippen MR) is 138 cm³/mol. The van der Waals surface area contributed by atoms with E-state index in [9.17, 15) is 13.2 Å². The standard InChI is InChI=1S/C17H17F3N4.C10H11N3/c1-13-9-21-24(10-13)12-15-4-2-14(3-5-15)11-23-7-6-16(22-23)8-17(18,19)20;11-6-7-1-2-9-8(5-7)3-4-13-10(9)12/h2-7,9-10H,8,11-12H2,1H3;1-5H,6,11H2,(H2,12,13). The van der Waals surface area contributed by atoms with Gasteiger partial charge in [-0.1, -0.05) is 36.4 Å². The molecule has 0 saturated carbocycles. The van der Waals surface area contributed by atoms with E-state index in [1.165, 1.54) is 10.7 Å². The Bertz CT molecular complexity index is 1450. The number of hydrogen-bond acceptors (Lipinski definition) is 5. The molecule has 0 atom stereocenters. The third kappa shape index (κ3) is 7.40. The highest BCUT2D eigenvalue weighted by Crippen LogP contribution is 2.21. The van der Waals surface area contributed by atoms with Crippen LogP contribution in [0.25, 0.3) is 10.8 Å². The molecule has 0 unspecified atom stereocenters. The normalized spacial score (nSPS) is 11.4. The van der Waals surface area contributed by atoms with Crippen molar-refractivity contribution in [2.24, 2.45) is 5.73 Å². The van der Waals surface area contributed by atoms with E-state index >= 15 is 0 Å². The molecule has 192 valence electrons. The smallest absolute Gasteiger partial charge is 0.383 e. The van der Waals surface area contributed by atoms with Crippen molar-refractivity contribution in [1.29, 1.82) is 0 Å². The van der Waals surface area contributed by atoms with E-state index in [0.29, 0.717) is 25.5 Å². The maximum atomic E-state index is 12.3. The van der Waals surface area contributed by atoms with Gasteiger partial charge < -0.3 is 11.5 Å². The minimum absolute atomic E-state index is 0.0353. The molecule has 0 aliphatic carbocycles. The van der Waals surface area contributed by atoms with Crippen LogP contribution in [0.3, 0.4) is 0 Å². The summed E-state index contributed by atoms with van der Waals surface area (Å²) >= 11 is 0. The van der Waals surface area contributed by atoms with E-state index in [-0.39, 0.29) is 5.69 Å². The first-order chi connectivity index (χ1) is 17.7. The van der Waals surface area contributed by atoms with Crippen LogP contribution in [0, 0.1) is 6.92 Å². The number of nitrogens with zero attached hydrogens (tertiary/aromatic N) is 5. The highest BCUT2D eigenvalue weighted by Gasteiger charge is 2.28. The van der Waals surface area contributed by atoms with Crippen LogP contribution in [0.5, 0.6) is 0 Å². The molecule has 7 nitrogen and oxygen atoms in total. The van der Waals surface area contributed by atoms with Gasteiger partial charge in [-0.25, -0.2) is 4.98 Å². The van der Waals surface area contributed by atoms with Crippen molar-refractivity contribution in [3.8, 4) is 0 Å². The lowest BCUT2D eigenvalue weighted by atomic mass is 10.1. The molecule has 2 aromatic carbocycles. The molecule has 5 aromatic rings. The van der Waals surface area contributed by atoms with Crippen LogP contribution in [0.1, 0.15) is 27.9 Å². The second-order valence-corrected chi connectivity index (χ2v) is 8.78. The van der Waals surface area contributed by atoms with Gasteiger partial charge in [0, 0.05) is 30.5 Å². The number of pyridine rings is 1. The Kier molecular flexibility index (Phi) is 7.88. The number of hydrogen-bond donors (Lipinski definition) is 2. The summed E-state index contributed by atoms with van der Waals surface area (Å²) in [6.07, 6.45) is 1.83. The molecule has 0 spiro atoms. The molecule has 0 bridgehead atoms. The molecule has 0 aliphatic rings. The van der Waals surface area contributed by atoms with E-state index in [2.05, 4.69) is 15.2 Å². The van der Waals surface area contributed by atoms with Gasteiger partial charge in [0.25, 0.3) is 0 Å². The van der Waals surface area contributed by atoms with Crippen molar-refractivity contribution < 1.29 is 13.2 Å². The fourth-order valence-corrected chi connectivity index (χ4v) is 3.85. The molecule has 5 rings (SSSR count). The summed E-state index contributed by atoms with van der Waals surface area (Å²) in [5.41, 5.74) is 15.6. The van der Waals surface area contributed by atoms with Crippen molar-refractivity contribution in [2.45, 2.75) is 39.2 Å². The quantitative estimate of drug-likeness (QED) is 0.342. The summed E-state index contributed by atoms with van der Waals surface area (Å²) in [7, 11) is 0. The molecule has 0 fully saturated rings. The van der Waals surface area contributed by atoms with E-state index in [1.54, 1.807) is 12.4 Å². The molecular weight excluding hydrogens is 479 g/mol. The largest absolute Gasteiger partial charge is 0.394 e. The number of benzene rings is 2. The van der Waals surface area contributed by atoms with Gasteiger partial charge in [-0.3, -0.25) is 9.36 Å². The number of fused-ring (bicyclic) bond motifs is 1. The predicted octanol–water partition coefficient (Wildman–Crippen LogP) is 4.87. The lowest BCUT2D eigenvalue weighted by Crippen LogP contribution is -2.12. The number of alkyl halides is 3. The van der Waals surface area contributed by atoms with Crippen molar-refractivity contribution in [1.82, 2.24) is 24.5 Å². The second kappa shape index (κ2) is 11.3. The lowest BCUT2D eigenvalue weighted by molar-refractivity contribution is -0.127. The Morgan fingerprint density at radius 3 is 2.19 bits per heavy atom. The Morgan fingerprint density at radius 1 is 0.892 bits per heavy atom. The molecule has 3 aromatic heterocycles. The number of nitrogen functional groups attached to an aromatic ring is 1. The van der Waals surface area contributed by atoms with Crippen LogP contribution in [0.15, 0.2) is 79.4 Å². The van der Waals surface area contributed by atoms with Gasteiger partial charge in [0.15, 0.2) is 0 Å². The highest BCUT2D eigenvalue weighted by molar-refractivity contribution is 5.91. The van der Waals surface area contributed by atoms with E-state index in [4.69, 9.17) is 11.5 Å². The molecule has 0 aliphatic heterocycles. The SMILES string of the molecule is Cc1cnn(Cc2ccc(Cn3ccc(CC(F)(F)F)n3)cc2)c1.NCc1ccc2c(N)nccc2c1. The van der Waals surface area contributed by atoms with E-state index in [0.717, 1.165) is 33.0 Å². The minimum atomic E-state index is -4.23. The van der Waals surface area contributed by atoms with Gasteiger partial charge in [0.2, 0.25) is 0 Å². The third-order valence-electron chi connectivity index (χ3n) is 5.65. The highest BCUT2D eigenvalue weighted by atomic mass is 19.4. The van der Waals surface area contributed by atoms with E-state index < -0.39 is 12.6 Å². The van der Waals surface area contributed by atoms with Crippen LogP contribution in [-0.4, -0.2) is 30.7 Å². The van der Waals surface area contributed by atoms with Crippen molar-refractivity contribution in [2.75, 3.05) is 5.73 Å². The first-order valence-electron chi connectivity index (χ1n) is 11.7. The number of anilines is 1. The van der Waals surface area contributed by atoms with Gasteiger partial charge in [-0.15, -0.1) is 0 Å². The Labute approximate surface area is 212 Å². The zero-order valence-electron chi connectivity index (χ0n) is 20.4. The molecule has 0 radical (unpaired) electrons. The topological polar surface area (TPSA) is 101 Å². The fraction of sp³-hybridized carbons (Fsp3) is 0.222. The molecule has 3 heterocycles. The number of aryl methyl sites for hydroxylation is 1. The number of aromatic nitrogens is 5. The molecule has 4 N–H and O–H groups in total. The maximum absolute atomic E-state index is 12.3. The molecule has 10 heteroatoms.